The first kappa shape index (κ1) is 15.8. The fourth-order valence-electron chi connectivity index (χ4n) is 2.01. The minimum atomic E-state index is 0.0428. The van der Waals surface area contributed by atoms with Crippen molar-refractivity contribution in [1.82, 2.24) is 15.1 Å². The molecule has 1 heterocycles. The van der Waals surface area contributed by atoms with E-state index in [0.29, 0.717) is 0 Å². The van der Waals surface area contributed by atoms with Crippen LogP contribution in [0.3, 0.4) is 0 Å². The van der Waals surface area contributed by atoms with Gasteiger partial charge in [-0.05, 0) is 25.2 Å². The van der Waals surface area contributed by atoms with Gasteiger partial charge in [0, 0.05) is 33.7 Å². The van der Waals surface area contributed by atoms with Gasteiger partial charge in [-0.2, -0.15) is 0 Å². The highest BCUT2D eigenvalue weighted by Gasteiger charge is 2.18. The van der Waals surface area contributed by atoms with Gasteiger partial charge < -0.3 is 15.1 Å². The summed E-state index contributed by atoms with van der Waals surface area (Å²) in [5.41, 5.74) is 0. The summed E-state index contributed by atoms with van der Waals surface area (Å²) >= 11 is 0. The van der Waals surface area contributed by atoms with Crippen molar-refractivity contribution < 1.29 is 4.79 Å². The SMILES string of the molecule is CCCNC(=NCC(=O)N(C)C)N1CCC(C)CC1. The molecule has 0 radical (unpaired) electrons. The monoisotopic (exact) mass is 268 g/mol. The molecule has 0 aliphatic carbocycles. The molecule has 0 bridgehead atoms. The number of amides is 1. The van der Waals surface area contributed by atoms with E-state index in [2.05, 4.69) is 29.1 Å². The Hall–Kier alpha value is -1.26. The van der Waals surface area contributed by atoms with Crippen LogP contribution in [0.25, 0.3) is 0 Å². The number of rotatable bonds is 4. The molecule has 0 aromatic heterocycles. The standard InChI is InChI=1S/C14H28N4O/c1-5-8-15-14(16-11-13(19)17(3)4)18-9-6-12(2)7-10-18/h12H,5-11H2,1-4H3,(H,15,16). The third kappa shape index (κ3) is 5.49. The highest BCUT2D eigenvalue weighted by molar-refractivity contribution is 5.84. The second-order valence-electron chi connectivity index (χ2n) is 5.52. The Morgan fingerprint density at radius 3 is 2.53 bits per heavy atom. The molecule has 1 aliphatic heterocycles. The van der Waals surface area contributed by atoms with Crippen molar-refractivity contribution >= 4 is 11.9 Å². The van der Waals surface area contributed by atoms with E-state index in [-0.39, 0.29) is 12.5 Å². The first-order chi connectivity index (χ1) is 9.04. The predicted molar refractivity (Wildman–Crippen MR) is 79.3 cm³/mol. The number of piperidine rings is 1. The number of likely N-dealkylation sites (N-methyl/N-ethyl adjacent to an activating group) is 1. The van der Waals surface area contributed by atoms with Crippen LogP contribution in [0.5, 0.6) is 0 Å². The van der Waals surface area contributed by atoms with E-state index in [1.807, 2.05) is 0 Å². The predicted octanol–water partition coefficient (Wildman–Crippen LogP) is 1.16. The Morgan fingerprint density at radius 2 is 2.00 bits per heavy atom. The van der Waals surface area contributed by atoms with Gasteiger partial charge >= 0.3 is 0 Å². The molecule has 110 valence electrons. The molecule has 19 heavy (non-hydrogen) atoms. The average molecular weight is 268 g/mol. The third-order valence-electron chi connectivity index (χ3n) is 3.48. The summed E-state index contributed by atoms with van der Waals surface area (Å²) < 4.78 is 0. The summed E-state index contributed by atoms with van der Waals surface area (Å²) in [7, 11) is 3.53. The molecule has 1 amide bonds. The van der Waals surface area contributed by atoms with Crippen molar-refractivity contribution in [2.24, 2.45) is 10.9 Å². The van der Waals surface area contributed by atoms with Crippen LogP contribution < -0.4 is 5.32 Å². The number of nitrogens with zero attached hydrogens (tertiary/aromatic N) is 3. The fourth-order valence-corrected chi connectivity index (χ4v) is 2.01. The van der Waals surface area contributed by atoms with Crippen LogP contribution in [0.4, 0.5) is 0 Å². The highest BCUT2D eigenvalue weighted by Crippen LogP contribution is 2.15. The molecular formula is C14H28N4O. The second-order valence-corrected chi connectivity index (χ2v) is 5.52. The van der Waals surface area contributed by atoms with Gasteiger partial charge in [0.2, 0.25) is 5.91 Å². The van der Waals surface area contributed by atoms with Crippen molar-refractivity contribution in [3.63, 3.8) is 0 Å². The zero-order valence-electron chi connectivity index (χ0n) is 12.8. The lowest BCUT2D eigenvalue weighted by Crippen LogP contribution is -2.46. The minimum absolute atomic E-state index is 0.0428. The summed E-state index contributed by atoms with van der Waals surface area (Å²) in [5.74, 6) is 1.73. The van der Waals surface area contributed by atoms with Gasteiger partial charge in [-0.3, -0.25) is 4.79 Å². The van der Waals surface area contributed by atoms with Gasteiger partial charge in [-0.15, -0.1) is 0 Å². The Balaban J connectivity index is 2.60. The topological polar surface area (TPSA) is 47.9 Å². The number of carbonyl (C=O) groups is 1. The Labute approximate surface area is 117 Å². The highest BCUT2D eigenvalue weighted by atomic mass is 16.2. The first-order valence-electron chi connectivity index (χ1n) is 7.28. The van der Waals surface area contributed by atoms with E-state index in [1.54, 1.807) is 19.0 Å². The normalized spacial score (nSPS) is 17.5. The molecule has 5 heteroatoms. The number of nitrogens with one attached hydrogen (secondary N) is 1. The summed E-state index contributed by atoms with van der Waals surface area (Å²) in [4.78, 5) is 20.0. The largest absolute Gasteiger partial charge is 0.356 e. The first-order valence-corrected chi connectivity index (χ1v) is 7.28. The van der Waals surface area contributed by atoms with Gasteiger partial charge in [-0.1, -0.05) is 13.8 Å². The molecule has 0 aromatic carbocycles. The van der Waals surface area contributed by atoms with Crippen LogP contribution in [0.15, 0.2) is 4.99 Å². The second kappa shape index (κ2) is 8.02. The number of hydrogen-bond donors (Lipinski definition) is 1. The number of aliphatic imine (C=N–C) groups is 1. The molecular weight excluding hydrogens is 240 g/mol. The maximum absolute atomic E-state index is 11.6. The summed E-state index contributed by atoms with van der Waals surface area (Å²) in [6.45, 7) is 7.63. The van der Waals surface area contributed by atoms with Crippen LogP contribution in [0.2, 0.25) is 0 Å². The van der Waals surface area contributed by atoms with Crippen molar-refractivity contribution in [2.75, 3.05) is 40.3 Å². The number of likely N-dealkylation sites (tertiary alicyclic amines) is 1. The zero-order valence-corrected chi connectivity index (χ0v) is 12.8. The van der Waals surface area contributed by atoms with Crippen LogP contribution >= 0.6 is 0 Å². The molecule has 1 saturated heterocycles. The Kier molecular flexibility index (Phi) is 6.67. The van der Waals surface area contributed by atoms with Gasteiger partial charge in [-0.25, -0.2) is 4.99 Å². The number of guanidine groups is 1. The van der Waals surface area contributed by atoms with Gasteiger partial charge in [0.05, 0.1) is 0 Å². The molecule has 1 rings (SSSR count). The van der Waals surface area contributed by atoms with Crippen LogP contribution in [0, 0.1) is 5.92 Å². The van der Waals surface area contributed by atoms with E-state index >= 15 is 0 Å². The smallest absolute Gasteiger partial charge is 0.243 e. The quantitative estimate of drug-likeness (QED) is 0.615. The Morgan fingerprint density at radius 1 is 1.37 bits per heavy atom. The van der Waals surface area contributed by atoms with Crippen molar-refractivity contribution in [1.29, 1.82) is 0 Å². The van der Waals surface area contributed by atoms with E-state index < -0.39 is 0 Å². The van der Waals surface area contributed by atoms with E-state index in [9.17, 15) is 4.79 Å². The lowest BCUT2D eigenvalue weighted by Gasteiger charge is -2.33. The van der Waals surface area contributed by atoms with Crippen LogP contribution in [-0.4, -0.2) is 61.9 Å². The molecule has 5 nitrogen and oxygen atoms in total. The molecule has 1 fully saturated rings. The molecule has 0 spiro atoms. The minimum Gasteiger partial charge on any atom is -0.356 e. The van der Waals surface area contributed by atoms with Crippen LogP contribution in [-0.2, 0) is 4.79 Å². The van der Waals surface area contributed by atoms with Crippen molar-refractivity contribution in [3.05, 3.63) is 0 Å². The van der Waals surface area contributed by atoms with E-state index in [4.69, 9.17) is 0 Å². The lowest BCUT2D eigenvalue weighted by atomic mass is 10.00. The summed E-state index contributed by atoms with van der Waals surface area (Å²) in [6.07, 6.45) is 3.47. The summed E-state index contributed by atoms with van der Waals surface area (Å²) in [5, 5.41) is 3.35. The summed E-state index contributed by atoms with van der Waals surface area (Å²) in [6, 6.07) is 0. The zero-order chi connectivity index (χ0) is 14.3. The third-order valence-corrected chi connectivity index (χ3v) is 3.48. The molecule has 1 N–H and O–H groups in total. The van der Waals surface area contributed by atoms with Crippen molar-refractivity contribution in [2.45, 2.75) is 33.1 Å². The van der Waals surface area contributed by atoms with Gasteiger partial charge in [0.15, 0.2) is 5.96 Å². The maximum Gasteiger partial charge on any atom is 0.243 e. The average Bonchev–Trinajstić information content (AvgIpc) is 2.39. The van der Waals surface area contributed by atoms with Gasteiger partial charge in [0.1, 0.15) is 6.54 Å². The van der Waals surface area contributed by atoms with Crippen molar-refractivity contribution in [3.8, 4) is 0 Å². The molecule has 1 aliphatic rings. The molecule has 0 aromatic rings. The molecule has 0 unspecified atom stereocenters. The Bertz CT molecular complexity index is 307. The van der Waals surface area contributed by atoms with Crippen LogP contribution in [0.1, 0.15) is 33.1 Å². The number of hydrogen-bond acceptors (Lipinski definition) is 2. The number of carbonyl (C=O) groups excluding carboxylic acids is 1. The molecule has 0 saturated carbocycles. The van der Waals surface area contributed by atoms with E-state index in [1.165, 1.54) is 12.8 Å². The fraction of sp³-hybridized carbons (Fsp3) is 0.857. The van der Waals surface area contributed by atoms with Gasteiger partial charge in [0.25, 0.3) is 0 Å². The molecule has 0 atom stereocenters. The van der Waals surface area contributed by atoms with E-state index in [0.717, 1.165) is 37.9 Å². The maximum atomic E-state index is 11.6. The lowest BCUT2D eigenvalue weighted by molar-refractivity contribution is -0.127.